The van der Waals surface area contributed by atoms with E-state index in [0.29, 0.717) is 23.5 Å². The third kappa shape index (κ3) is 2.42. The number of carbonyl (C=O) groups excluding carboxylic acids is 1. The second kappa shape index (κ2) is 5.27. The summed E-state index contributed by atoms with van der Waals surface area (Å²) in [5.74, 6) is 0.289. The number of oxazole rings is 1. The highest BCUT2D eigenvalue weighted by molar-refractivity contribution is 5.98. The molecule has 0 atom stereocenters. The predicted octanol–water partition coefficient (Wildman–Crippen LogP) is 3.28. The lowest BCUT2D eigenvalue weighted by Gasteiger charge is -2.20. The number of rotatable bonds is 3. The minimum Gasteiger partial charge on any atom is -0.408 e. The Balaban J connectivity index is 1.82. The van der Waals surface area contributed by atoms with Gasteiger partial charge in [-0.2, -0.15) is 0 Å². The van der Waals surface area contributed by atoms with Crippen molar-refractivity contribution < 1.29 is 9.21 Å². The molecule has 0 saturated heterocycles. The van der Waals surface area contributed by atoms with Crippen molar-refractivity contribution in [3.63, 3.8) is 0 Å². The summed E-state index contributed by atoms with van der Waals surface area (Å²) in [4.78, 5) is 23.8. The van der Waals surface area contributed by atoms with Gasteiger partial charge in [0.25, 0.3) is 0 Å². The van der Waals surface area contributed by atoms with Crippen molar-refractivity contribution in [1.82, 2.24) is 4.57 Å². The lowest BCUT2D eigenvalue weighted by Crippen LogP contribution is -2.12. The molecule has 4 nitrogen and oxygen atoms in total. The first-order valence-electron chi connectivity index (χ1n) is 7.28. The second-order valence-corrected chi connectivity index (χ2v) is 5.74. The van der Waals surface area contributed by atoms with Crippen LogP contribution in [0, 0.1) is 5.92 Å². The molecular formula is C16H19NO3. The second-order valence-electron chi connectivity index (χ2n) is 5.74. The molecule has 1 aromatic carbocycles. The van der Waals surface area contributed by atoms with E-state index in [9.17, 15) is 9.59 Å². The number of benzene rings is 1. The van der Waals surface area contributed by atoms with E-state index in [-0.39, 0.29) is 5.78 Å². The van der Waals surface area contributed by atoms with Crippen molar-refractivity contribution in [1.29, 1.82) is 0 Å². The number of aryl methyl sites for hydroxylation is 1. The van der Waals surface area contributed by atoms with Gasteiger partial charge in [0.05, 0.1) is 5.52 Å². The molecular weight excluding hydrogens is 254 g/mol. The molecule has 0 radical (unpaired) electrons. The molecule has 106 valence electrons. The number of nitrogens with zero attached hydrogens (tertiary/aromatic N) is 1. The number of aromatic nitrogens is 1. The van der Waals surface area contributed by atoms with Gasteiger partial charge in [-0.05, 0) is 24.1 Å². The minimum absolute atomic E-state index is 0.158. The highest BCUT2D eigenvalue weighted by Crippen LogP contribution is 2.28. The Morgan fingerprint density at radius 3 is 2.80 bits per heavy atom. The Kier molecular flexibility index (Phi) is 3.47. The van der Waals surface area contributed by atoms with Gasteiger partial charge in [0.15, 0.2) is 11.4 Å². The van der Waals surface area contributed by atoms with Gasteiger partial charge in [-0.25, -0.2) is 4.79 Å². The van der Waals surface area contributed by atoms with Crippen molar-refractivity contribution in [2.45, 2.75) is 38.5 Å². The molecule has 4 heteroatoms. The van der Waals surface area contributed by atoms with E-state index < -0.39 is 5.76 Å². The third-order valence-electron chi connectivity index (χ3n) is 4.31. The molecule has 1 aliphatic rings. The van der Waals surface area contributed by atoms with E-state index in [2.05, 4.69) is 0 Å². The third-order valence-corrected chi connectivity index (χ3v) is 4.31. The van der Waals surface area contributed by atoms with Crippen molar-refractivity contribution in [2.24, 2.45) is 13.0 Å². The number of Topliss-reactive ketones (excluding diaryl/α,β-unsaturated/α-hetero) is 1. The van der Waals surface area contributed by atoms with E-state index in [0.717, 1.165) is 18.4 Å². The topological polar surface area (TPSA) is 52.2 Å². The number of hydrogen-bond acceptors (Lipinski definition) is 3. The Morgan fingerprint density at radius 1 is 1.30 bits per heavy atom. The van der Waals surface area contributed by atoms with Gasteiger partial charge in [0.2, 0.25) is 0 Å². The normalized spacial score (nSPS) is 16.6. The van der Waals surface area contributed by atoms with Crippen LogP contribution in [0.1, 0.15) is 48.9 Å². The Hall–Kier alpha value is -1.84. The SMILES string of the molecule is Cn1c(=O)oc2cc(C(=O)CC3CCCCC3)ccc21. The largest absolute Gasteiger partial charge is 0.419 e. The molecule has 1 fully saturated rings. The van der Waals surface area contributed by atoms with E-state index in [1.807, 2.05) is 0 Å². The molecule has 1 heterocycles. The first-order chi connectivity index (χ1) is 9.65. The first-order valence-corrected chi connectivity index (χ1v) is 7.28. The summed E-state index contributed by atoms with van der Waals surface area (Å²) in [5, 5.41) is 0. The molecule has 3 rings (SSSR count). The monoisotopic (exact) mass is 273 g/mol. The van der Waals surface area contributed by atoms with Crippen molar-refractivity contribution in [2.75, 3.05) is 0 Å². The zero-order valence-electron chi connectivity index (χ0n) is 11.7. The maximum absolute atomic E-state index is 12.3. The van der Waals surface area contributed by atoms with Gasteiger partial charge in [-0.15, -0.1) is 0 Å². The van der Waals surface area contributed by atoms with Crippen LogP contribution in [-0.4, -0.2) is 10.4 Å². The average molecular weight is 273 g/mol. The van der Waals surface area contributed by atoms with Gasteiger partial charge in [-0.1, -0.05) is 32.1 Å². The van der Waals surface area contributed by atoms with Gasteiger partial charge >= 0.3 is 5.76 Å². The fourth-order valence-electron chi connectivity index (χ4n) is 3.08. The number of fused-ring (bicyclic) bond motifs is 1. The molecule has 0 N–H and O–H groups in total. The number of hydrogen-bond donors (Lipinski definition) is 0. The number of carbonyl (C=O) groups is 1. The summed E-state index contributed by atoms with van der Waals surface area (Å²) in [5.41, 5.74) is 1.87. The molecule has 1 saturated carbocycles. The minimum atomic E-state index is -0.392. The molecule has 0 amide bonds. The maximum atomic E-state index is 12.3. The zero-order chi connectivity index (χ0) is 14.1. The summed E-state index contributed by atoms with van der Waals surface area (Å²) in [6.45, 7) is 0. The van der Waals surface area contributed by atoms with E-state index in [1.165, 1.54) is 23.8 Å². The van der Waals surface area contributed by atoms with Gasteiger partial charge in [0, 0.05) is 19.0 Å². The van der Waals surface area contributed by atoms with Crippen molar-refractivity contribution in [3.05, 3.63) is 34.3 Å². The van der Waals surface area contributed by atoms with Gasteiger partial charge < -0.3 is 4.42 Å². The van der Waals surface area contributed by atoms with Crippen molar-refractivity contribution >= 4 is 16.9 Å². The molecule has 0 bridgehead atoms. The van der Waals surface area contributed by atoms with Crippen LogP contribution in [-0.2, 0) is 7.05 Å². The fourth-order valence-corrected chi connectivity index (χ4v) is 3.08. The van der Waals surface area contributed by atoms with Gasteiger partial charge in [-0.3, -0.25) is 9.36 Å². The fraction of sp³-hybridized carbons (Fsp3) is 0.500. The van der Waals surface area contributed by atoms with Crippen LogP contribution in [0.4, 0.5) is 0 Å². The summed E-state index contributed by atoms with van der Waals surface area (Å²) in [6.07, 6.45) is 6.71. The average Bonchev–Trinajstić information content (AvgIpc) is 2.74. The van der Waals surface area contributed by atoms with Crippen LogP contribution >= 0.6 is 0 Å². The lowest BCUT2D eigenvalue weighted by molar-refractivity contribution is 0.0950. The lowest BCUT2D eigenvalue weighted by atomic mass is 9.85. The zero-order valence-corrected chi connectivity index (χ0v) is 11.7. The molecule has 0 spiro atoms. The maximum Gasteiger partial charge on any atom is 0.419 e. The molecule has 1 aliphatic carbocycles. The predicted molar refractivity (Wildman–Crippen MR) is 77.0 cm³/mol. The molecule has 0 aliphatic heterocycles. The van der Waals surface area contributed by atoms with Crippen LogP contribution in [0.3, 0.4) is 0 Å². The standard InChI is InChI=1S/C16H19NO3/c1-17-13-8-7-12(10-15(13)20-16(17)19)14(18)9-11-5-3-2-4-6-11/h7-8,10-11H,2-6,9H2,1H3. The van der Waals surface area contributed by atoms with E-state index in [1.54, 1.807) is 25.2 Å². The molecule has 1 aromatic heterocycles. The van der Waals surface area contributed by atoms with Crippen LogP contribution in [0.5, 0.6) is 0 Å². The summed E-state index contributed by atoms with van der Waals surface area (Å²) in [6, 6.07) is 5.28. The van der Waals surface area contributed by atoms with E-state index >= 15 is 0 Å². The Labute approximate surface area is 117 Å². The summed E-state index contributed by atoms with van der Waals surface area (Å²) in [7, 11) is 1.66. The molecule has 20 heavy (non-hydrogen) atoms. The quantitative estimate of drug-likeness (QED) is 0.806. The summed E-state index contributed by atoms with van der Waals surface area (Å²) < 4.78 is 6.58. The Bertz CT molecular complexity index is 689. The smallest absolute Gasteiger partial charge is 0.408 e. The number of ketones is 1. The van der Waals surface area contributed by atoms with Crippen LogP contribution in [0.2, 0.25) is 0 Å². The van der Waals surface area contributed by atoms with E-state index in [4.69, 9.17) is 4.42 Å². The first kappa shape index (κ1) is 13.2. The van der Waals surface area contributed by atoms with Gasteiger partial charge in [0.1, 0.15) is 0 Å². The molecule has 0 unspecified atom stereocenters. The van der Waals surface area contributed by atoms with Crippen molar-refractivity contribution in [3.8, 4) is 0 Å². The van der Waals surface area contributed by atoms with Crippen LogP contribution < -0.4 is 5.76 Å². The Morgan fingerprint density at radius 2 is 2.05 bits per heavy atom. The highest BCUT2D eigenvalue weighted by atomic mass is 16.4. The van der Waals surface area contributed by atoms with Crippen LogP contribution in [0.25, 0.3) is 11.1 Å². The summed E-state index contributed by atoms with van der Waals surface area (Å²) >= 11 is 0. The van der Waals surface area contributed by atoms with Crippen LogP contribution in [0.15, 0.2) is 27.4 Å². The molecule has 2 aromatic rings. The highest BCUT2D eigenvalue weighted by Gasteiger charge is 2.18.